The maximum absolute atomic E-state index is 9.32. The van der Waals surface area contributed by atoms with Gasteiger partial charge in [-0.25, -0.2) is 0 Å². The number of nitrogens with one attached hydrogen (secondary N) is 2. The van der Waals surface area contributed by atoms with E-state index >= 15 is 0 Å². The van der Waals surface area contributed by atoms with Crippen LogP contribution in [0.25, 0.3) is 0 Å². The number of hydrogen-bond acceptors (Lipinski definition) is 5. The van der Waals surface area contributed by atoms with E-state index in [2.05, 4.69) is 15.6 Å². The lowest BCUT2D eigenvalue weighted by Gasteiger charge is -2.27. The minimum atomic E-state index is -0.0115. The number of hydrogen-bond donors (Lipinski definition) is 3. The van der Waals surface area contributed by atoms with E-state index in [1.807, 2.05) is 18.2 Å². The Bertz CT molecular complexity index is 586. The van der Waals surface area contributed by atoms with E-state index in [0.717, 1.165) is 55.4 Å². The van der Waals surface area contributed by atoms with Gasteiger partial charge < -0.3 is 30.0 Å². The van der Waals surface area contributed by atoms with Crippen molar-refractivity contribution in [3.05, 3.63) is 23.8 Å². The van der Waals surface area contributed by atoms with Crippen LogP contribution in [0.4, 0.5) is 0 Å². The number of aliphatic hydroxyl groups is 1. The Morgan fingerprint density at radius 2 is 2.15 bits per heavy atom. The molecule has 146 valence electrons. The van der Waals surface area contributed by atoms with Crippen molar-refractivity contribution in [2.75, 3.05) is 54.2 Å². The van der Waals surface area contributed by atoms with Crippen molar-refractivity contribution in [3.63, 3.8) is 0 Å². The zero-order valence-corrected chi connectivity index (χ0v) is 16.0. The number of rotatable bonds is 9. The first-order valence-electron chi connectivity index (χ1n) is 9.00. The quantitative estimate of drug-likeness (QED) is 0.450. The van der Waals surface area contributed by atoms with Crippen LogP contribution in [0.1, 0.15) is 18.4 Å². The van der Waals surface area contributed by atoms with Crippen molar-refractivity contribution in [1.29, 1.82) is 0 Å². The van der Waals surface area contributed by atoms with Gasteiger partial charge in [0.2, 0.25) is 0 Å². The molecule has 1 aromatic rings. The number of ether oxygens (including phenoxy) is 3. The Morgan fingerprint density at radius 1 is 1.31 bits per heavy atom. The summed E-state index contributed by atoms with van der Waals surface area (Å²) in [7, 11) is 5.08. The van der Waals surface area contributed by atoms with Crippen molar-refractivity contribution < 1.29 is 19.3 Å². The van der Waals surface area contributed by atoms with E-state index in [9.17, 15) is 5.11 Å². The van der Waals surface area contributed by atoms with Crippen molar-refractivity contribution >= 4 is 5.96 Å². The maximum Gasteiger partial charge on any atom is 0.191 e. The maximum atomic E-state index is 9.32. The van der Waals surface area contributed by atoms with Gasteiger partial charge in [-0.1, -0.05) is 0 Å². The molecule has 1 aromatic carbocycles. The molecule has 0 bridgehead atoms. The number of methoxy groups -OCH3 is 2. The second kappa shape index (κ2) is 10.2. The molecule has 0 aliphatic carbocycles. The summed E-state index contributed by atoms with van der Waals surface area (Å²) in [6, 6.07) is 5.79. The summed E-state index contributed by atoms with van der Waals surface area (Å²) in [4.78, 5) is 4.28. The monoisotopic (exact) mass is 365 g/mol. The molecule has 0 aromatic heterocycles. The Labute approximate surface area is 155 Å². The highest BCUT2D eigenvalue weighted by Crippen LogP contribution is 2.31. The van der Waals surface area contributed by atoms with Gasteiger partial charge in [-0.05, 0) is 43.0 Å². The van der Waals surface area contributed by atoms with E-state index in [1.54, 1.807) is 21.3 Å². The predicted octanol–water partition coefficient (Wildman–Crippen LogP) is 1.20. The molecule has 26 heavy (non-hydrogen) atoms. The van der Waals surface area contributed by atoms with Gasteiger partial charge in [0.05, 0.1) is 20.8 Å². The standard InChI is InChI=1S/C19H31N3O4/c1-20-18(22-13-19(7-10-23)8-11-26-14-19)21-9-6-15-12-16(24-2)4-5-17(15)25-3/h4-5,12,23H,6-11,13-14H2,1-3H3,(H2,20,21,22). The molecule has 3 N–H and O–H groups in total. The van der Waals surface area contributed by atoms with Gasteiger partial charge in [0.1, 0.15) is 11.5 Å². The van der Waals surface area contributed by atoms with Crippen LogP contribution in [-0.4, -0.2) is 65.2 Å². The molecule has 7 nitrogen and oxygen atoms in total. The second-order valence-electron chi connectivity index (χ2n) is 6.56. The Morgan fingerprint density at radius 3 is 2.77 bits per heavy atom. The van der Waals surface area contributed by atoms with E-state index < -0.39 is 0 Å². The summed E-state index contributed by atoms with van der Waals surface area (Å²) >= 11 is 0. The highest BCUT2D eigenvalue weighted by Gasteiger charge is 2.34. The van der Waals surface area contributed by atoms with Gasteiger partial charge in [-0.2, -0.15) is 0 Å². The predicted molar refractivity (Wildman–Crippen MR) is 102 cm³/mol. The van der Waals surface area contributed by atoms with Crippen molar-refractivity contribution in [3.8, 4) is 11.5 Å². The second-order valence-corrected chi connectivity index (χ2v) is 6.56. The smallest absolute Gasteiger partial charge is 0.191 e. The zero-order valence-electron chi connectivity index (χ0n) is 16.0. The van der Waals surface area contributed by atoms with Gasteiger partial charge in [0.25, 0.3) is 0 Å². The van der Waals surface area contributed by atoms with Gasteiger partial charge in [-0.3, -0.25) is 4.99 Å². The van der Waals surface area contributed by atoms with E-state index in [1.165, 1.54) is 0 Å². The molecule has 0 amide bonds. The van der Waals surface area contributed by atoms with E-state index in [4.69, 9.17) is 14.2 Å². The van der Waals surface area contributed by atoms with Crippen LogP contribution in [0.15, 0.2) is 23.2 Å². The molecule has 1 atom stereocenters. The summed E-state index contributed by atoms with van der Waals surface area (Å²) in [5.41, 5.74) is 1.07. The molecule has 1 heterocycles. The summed E-state index contributed by atoms with van der Waals surface area (Å²) in [6.07, 6.45) is 2.47. The molecule has 0 saturated carbocycles. The molecule has 1 fully saturated rings. The fourth-order valence-corrected chi connectivity index (χ4v) is 3.20. The molecule has 2 rings (SSSR count). The van der Waals surface area contributed by atoms with Crippen LogP contribution in [0.3, 0.4) is 0 Å². The highest BCUT2D eigenvalue weighted by atomic mass is 16.5. The zero-order chi connectivity index (χ0) is 18.8. The fraction of sp³-hybridized carbons (Fsp3) is 0.632. The molecule has 1 saturated heterocycles. The number of nitrogens with zero attached hydrogens (tertiary/aromatic N) is 1. The summed E-state index contributed by atoms with van der Waals surface area (Å²) < 4.78 is 16.2. The van der Waals surface area contributed by atoms with Crippen molar-refractivity contribution in [2.24, 2.45) is 10.4 Å². The average Bonchev–Trinajstić information content (AvgIpc) is 3.13. The number of aliphatic imine (C=N–C) groups is 1. The first-order chi connectivity index (χ1) is 12.7. The molecule has 1 aliphatic heterocycles. The Kier molecular flexibility index (Phi) is 8.00. The number of aliphatic hydroxyl groups excluding tert-OH is 1. The van der Waals surface area contributed by atoms with Gasteiger partial charge in [0.15, 0.2) is 5.96 Å². The van der Waals surface area contributed by atoms with Crippen molar-refractivity contribution in [2.45, 2.75) is 19.3 Å². The third-order valence-corrected chi connectivity index (χ3v) is 4.86. The minimum Gasteiger partial charge on any atom is -0.497 e. The molecule has 1 unspecified atom stereocenters. The lowest BCUT2D eigenvalue weighted by Crippen LogP contribution is -2.45. The molecular formula is C19H31N3O4. The number of benzene rings is 1. The van der Waals surface area contributed by atoms with Crippen LogP contribution in [0, 0.1) is 5.41 Å². The SMILES string of the molecule is CN=C(NCCc1cc(OC)ccc1OC)NCC1(CCO)CCOC1. The van der Waals surface area contributed by atoms with Crippen LogP contribution < -0.4 is 20.1 Å². The molecule has 0 spiro atoms. The van der Waals surface area contributed by atoms with Crippen LogP contribution in [-0.2, 0) is 11.2 Å². The lowest BCUT2D eigenvalue weighted by atomic mass is 9.84. The minimum absolute atomic E-state index is 0.0115. The summed E-state index contributed by atoms with van der Waals surface area (Å²) in [5, 5.41) is 16.0. The molecule has 0 radical (unpaired) electrons. The van der Waals surface area contributed by atoms with Crippen molar-refractivity contribution in [1.82, 2.24) is 10.6 Å². The first kappa shape index (κ1) is 20.3. The van der Waals surface area contributed by atoms with Crippen LogP contribution in [0.2, 0.25) is 0 Å². The molecule has 1 aliphatic rings. The normalized spacial score (nSPS) is 20.1. The molecule has 7 heteroatoms. The summed E-state index contributed by atoms with van der Waals surface area (Å²) in [6.45, 7) is 3.05. The largest absolute Gasteiger partial charge is 0.497 e. The fourth-order valence-electron chi connectivity index (χ4n) is 3.20. The summed E-state index contributed by atoms with van der Waals surface area (Å²) in [5.74, 6) is 2.41. The number of guanidine groups is 1. The van der Waals surface area contributed by atoms with Crippen LogP contribution in [0.5, 0.6) is 11.5 Å². The Hall–Kier alpha value is -1.99. The third-order valence-electron chi connectivity index (χ3n) is 4.86. The Balaban J connectivity index is 1.85. The van der Waals surface area contributed by atoms with Gasteiger partial charge in [-0.15, -0.1) is 0 Å². The average molecular weight is 365 g/mol. The van der Waals surface area contributed by atoms with Crippen LogP contribution >= 0.6 is 0 Å². The van der Waals surface area contributed by atoms with E-state index in [0.29, 0.717) is 13.2 Å². The van der Waals surface area contributed by atoms with E-state index in [-0.39, 0.29) is 12.0 Å². The van der Waals surface area contributed by atoms with Gasteiger partial charge in [0, 0.05) is 38.8 Å². The van der Waals surface area contributed by atoms with Gasteiger partial charge >= 0.3 is 0 Å². The highest BCUT2D eigenvalue weighted by molar-refractivity contribution is 5.79. The topological polar surface area (TPSA) is 84.3 Å². The molecular weight excluding hydrogens is 334 g/mol. The lowest BCUT2D eigenvalue weighted by molar-refractivity contribution is 0.127. The third kappa shape index (κ3) is 5.51. The first-order valence-corrected chi connectivity index (χ1v) is 9.00.